The van der Waals surface area contributed by atoms with E-state index in [0.717, 1.165) is 0 Å². The van der Waals surface area contributed by atoms with Crippen LogP contribution in [0.5, 0.6) is 0 Å². The summed E-state index contributed by atoms with van der Waals surface area (Å²) in [4.78, 5) is 0. The van der Waals surface area contributed by atoms with E-state index >= 15 is 0 Å². The van der Waals surface area contributed by atoms with Gasteiger partial charge in [-0.25, -0.2) is 0 Å². The van der Waals surface area contributed by atoms with E-state index in [4.69, 9.17) is 9.18 Å². The van der Waals surface area contributed by atoms with Crippen molar-refractivity contribution in [2.45, 2.75) is 0 Å². The first-order valence-electron chi connectivity index (χ1n) is 0.612. The van der Waals surface area contributed by atoms with Gasteiger partial charge >= 0.3 is 41.9 Å². The van der Waals surface area contributed by atoms with E-state index in [1.165, 1.54) is 0 Å². The zero-order chi connectivity index (χ0) is 3.58. The van der Waals surface area contributed by atoms with E-state index in [1.54, 1.807) is 0 Å². The molecule has 0 N–H and O–H groups in total. The molecule has 0 heterocycles. The summed E-state index contributed by atoms with van der Waals surface area (Å²) in [7, 11) is 0. The molecule has 0 aliphatic rings. The average Bonchev–Trinajstić information content (AvgIpc) is 0.811. The van der Waals surface area contributed by atoms with Gasteiger partial charge in [0.1, 0.15) is 0 Å². The first kappa shape index (κ1) is 9.24. The minimum absolute atomic E-state index is 0. The average molecular weight is 148 g/mol. The zero-order valence-electron chi connectivity index (χ0n) is 2.43. The molecule has 0 saturated heterocycles. The summed E-state index contributed by atoms with van der Waals surface area (Å²) in [6.45, 7) is 0. The van der Waals surface area contributed by atoms with E-state index in [0.29, 0.717) is 0 Å². The molecule has 0 spiro atoms. The van der Waals surface area contributed by atoms with Crippen molar-refractivity contribution >= 4 is 10.1 Å². The normalized spacial score (nSPS) is 5.20. The molecular formula is BeO3Zr. The summed E-state index contributed by atoms with van der Waals surface area (Å²) in [6, 6.07) is 0. The van der Waals surface area contributed by atoms with Gasteiger partial charge in [-0.3, -0.25) is 0 Å². The summed E-state index contributed by atoms with van der Waals surface area (Å²) in [6.07, 6.45) is 0. The van der Waals surface area contributed by atoms with Gasteiger partial charge in [0.15, 0.2) is 0 Å². The van der Waals surface area contributed by atoms with Gasteiger partial charge in [-0.1, -0.05) is 0 Å². The summed E-state index contributed by atoms with van der Waals surface area (Å²) < 4.78 is 25.8. The van der Waals surface area contributed by atoms with E-state index in [2.05, 4.69) is 0 Å². The molecule has 0 saturated carbocycles. The molecule has 0 unspecified atom stereocenters. The second kappa shape index (κ2) is 4.77. The predicted octanol–water partition coefficient (Wildman–Crippen LogP) is -2.88. The maximum atomic E-state index is 8.61. The van der Waals surface area contributed by atoms with Gasteiger partial charge in [-0.15, -0.1) is 0 Å². The number of hydrogen-bond acceptors (Lipinski definition) is 3. The molecule has 0 aliphatic carbocycles. The Balaban J connectivity index is 0. The van der Waals surface area contributed by atoms with Crippen LogP contribution in [-0.4, -0.2) is 10.1 Å². The second-order valence-electron chi connectivity index (χ2n) is 0.250. The van der Waals surface area contributed by atoms with Crippen LogP contribution in [0.4, 0.5) is 0 Å². The van der Waals surface area contributed by atoms with E-state index in [-0.39, 0.29) is 10.1 Å². The number of rotatable bonds is 0. The first-order valence-corrected chi connectivity index (χ1v) is 3.62. The molecular weight excluding hydrogens is 148 g/mol. The molecule has 0 aliphatic heterocycles. The molecule has 24 valence electrons. The van der Waals surface area contributed by atoms with Crippen molar-refractivity contribution in [2.75, 3.05) is 0 Å². The van der Waals surface area contributed by atoms with E-state index in [1.807, 2.05) is 0 Å². The van der Waals surface area contributed by atoms with Crippen LogP contribution >= 0.6 is 0 Å². The Morgan fingerprint density at radius 1 is 1.40 bits per heavy atom. The van der Waals surface area contributed by atoms with Crippen LogP contribution in [0.3, 0.4) is 0 Å². The van der Waals surface area contributed by atoms with Crippen LogP contribution in [0.25, 0.3) is 0 Å². The summed E-state index contributed by atoms with van der Waals surface area (Å²) in [5.74, 6) is 0. The fourth-order valence-corrected chi connectivity index (χ4v) is 0. The molecule has 0 fully saturated rings. The Hall–Kier alpha value is 0.772. The monoisotopic (exact) mass is 147 g/mol. The zero-order valence-corrected chi connectivity index (χ0v) is 4.89. The topological polar surface area (TPSA) is 63.2 Å². The molecule has 0 rings (SSSR count). The molecule has 5 heavy (non-hydrogen) atoms. The molecule has 0 aromatic heterocycles. The first-order chi connectivity index (χ1) is 1.73. The standard InChI is InChI=1S/Be.3O.Zr/q+2;;2*-1;. The van der Waals surface area contributed by atoms with Crippen molar-refractivity contribution in [3.8, 4) is 0 Å². The van der Waals surface area contributed by atoms with Crippen LogP contribution in [-0.2, 0) is 25.4 Å². The van der Waals surface area contributed by atoms with E-state index in [9.17, 15) is 0 Å². The van der Waals surface area contributed by atoms with Crippen molar-refractivity contribution in [3.05, 3.63) is 0 Å². The molecule has 5 heteroatoms. The fraction of sp³-hybridized carbons (Fsp3) is 0. The van der Waals surface area contributed by atoms with Crippen LogP contribution in [0.15, 0.2) is 0 Å². The van der Waals surface area contributed by atoms with E-state index < -0.39 is 22.6 Å². The van der Waals surface area contributed by atoms with Crippen LogP contribution in [0.2, 0.25) is 0 Å². The molecule has 0 aromatic rings. The van der Waals surface area contributed by atoms with Gasteiger partial charge in [0.05, 0.1) is 0 Å². The van der Waals surface area contributed by atoms with Gasteiger partial charge in [0.2, 0.25) is 0 Å². The second-order valence-corrected chi connectivity index (χ2v) is 1.48. The molecule has 0 bridgehead atoms. The van der Waals surface area contributed by atoms with Gasteiger partial charge in [0.25, 0.3) is 0 Å². The SMILES string of the molecule is [Be+2].[O]=[Zr]([O-])[O-]. The third-order valence-corrected chi connectivity index (χ3v) is 0. The third kappa shape index (κ3) is 61.5. The predicted molar refractivity (Wildman–Crippen MR) is 6.44 cm³/mol. The van der Waals surface area contributed by atoms with Crippen molar-refractivity contribution in [3.63, 3.8) is 0 Å². The Morgan fingerprint density at radius 2 is 1.40 bits per heavy atom. The fourth-order valence-electron chi connectivity index (χ4n) is 0. The quantitative estimate of drug-likeness (QED) is 0.347. The van der Waals surface area contributed by atoms with Crippen molar-refractivity contribution in [2.24, 2.45) is 0 Å². The minimum atomic E-state index is -4.29. The van der Waals surface area contributed by atoms with Gasteiger partial charge in [0, 0.05) is 0 Å². The Kier molecular flexibility index (Phi) is 8.82. The van der Waals surface area contributed by atoms with Crippen LogP contribution in [0, 0.1) is 0 Å². The summed E-state index contributed by atoms with van der Waals surface area (Å²) in [5.41, 5.74) is 0. The molecule has 0 aromatic carbocycles. The van der Waals surface area contributed by atoms with Gasteiger partial charge < -0.3 is 0 Å². The molecule has 3 nitrogen and oxygen atoms in total. The summed E-state index contributed by atoms with van der Waals surface area (Å²) >= 11 is -4.29. The maximum absolute atomic E-state index is 8.61. The summed E-state index contributed by atoms with van der Waals surface area (Å²) in [5, 5.41) is 0. The van der Waals surface area contributed by atoms with Crippen LogP contribution in [0.1, 0.15) is 0 Å². The van der Waals surface area contributed by atoms with Crippen molar-refractivity contribution in [1.29, 1.82) is 0 Å². The Labute approximate surface area is 42.2 Å². The van der Waals surface area contributed by atoms with Crippen LogP contribution < -0.4 is 6.37 Å². The molecule has 0 amide bonds. The van der Waals surface area contributed by atoms with Gasteiger partial charge in [-0.2, -0.15) is 0 Å². The Morgan fingerprint density at radius 3 is 1.40 bits per heavy atom. The third-order valence-electron chi connectivity index (χ3n) is 0. The number of hydrogen-bond donors (Lipinski definition) is 0. The Bertz CT molecular complexity index is 29.9. The van der Waals surface area contributed by atoms with Crippen molar-refractivity contribution in [1.82, 2.24) is 0 Å². The molecule has 0 atom stereocenters. The molecule has 0 radical (unpaired) electrons. The van der Waals surface area contributed by atoms with Crippen molar-refractivity contribution < 1.29 is 31.8 Å². The van der Waals surface area contributed by atoms with Gasteiger partial charge in [-0.05, 0) is 0 Å².